The lowest BCUT2D eigenvalue weighted by atomic mass is 10.1. The third-order valence-electron chi connectivity index (χ3n) is 3.70. The molecule has 0 unspecified atom stereocenters. The Bertz CT molecular complexity index is 601. The van der Waals surface area contributed by atoms with Crippen molar-refractivity contribution >= 4 is 18.0 Å². The molecule has 1 N–H and O–H groups in total. The van der Waals surface area contributed by atoms with Gasteiger partial charge in [-0.15, -0.1) is 0 Å². The average Bonchev–Trinajstić information content (AvgIpc) is 2.67. The van der Waals surface area contributed by atoms with Crippen molar-refractivity contribution in [2.24, 2.45) is 0 Å². The Morgan fingerprint density at radius 2 is 1.62 bits per heavy atom. The van der Waals surface area contributed by atoms with Crippen LogP contribution in [0.1, 0.15) is 31.2 Å². The lowest BCUT2D eigenvalue weighted by molar-refractivity contribution is -0.140. The Morgan fingerprint density at radius 3 is 2.15 bits per heavy atom. The number of hydrogen-bond acceptors (Lipinski definition) is 6. The van der Waals surface area contributed by atoms with E-state index in [0.29, 0.717) is 30.2 Å². The van der Waals surface area contributed by atoms with Crippen LogP contribution in [0, 0.1) is 0 Å². The monoisotopic (exact) mass is 365 g/mol. The first-order valence-electron chi connectivity index (χ1n) is 8.38. The first-order valence-corrected chi connectivity index (χ1v) is 8.38. The largest absolute Gasteiger partial charge is 0.493 e. The zero-order chi connectivity index (χ0) is 19.4. The van der Waals surface area contributed by atoms with Crippen molar-refractivity contribution in [3.63, 3.8) is 0 Å². The van der Waals surface area contributed by atoms with Gasteiger partial charge in [-0.1, -0.05) is 6.42 Å². The number of hydrogen-bond donors (Lipinski definition) is 1. The zero-order valence-corrected chi connectivity index (χ0v) is 15.8. The maximum atomic E-state index is 11.9. The van der Waals surface area contributed by atoms with Crippen molar-refractivity contribution in [1.29, 1.82) is 0 Å². The van der Waals surface area contributed by atoms with Gasteiger partial charge in [0.1, 0.15) is 0 Å². The predicted molar refractivity (Wildman–Crippen MR) is 98.6 cm³/mol. The standard InChI is InChI=1S/C19H27NO6/c1-23-15-12-14(13-16(24-2)19(15)26-4)9-10-17(21)20-11-7-5-6-8-18(22)25-3/h9-10,12-13H,5-8,11H2,1-4H3,(H,20,21). The van der Waals surface area contributed by atoms with Crippen molar-refractivity contribution in [2.45, 2.75) is 25.7 Å². The maximum absolute atomic E-state index is 11.9. The summed E-state index contributed by atoms with van der Waals surface area (Å²) in [6, 6.07) is 3.52. The number of methoxy groups -OCH3 is 4. The van der Waals surface area contributed by atoms with E-state index < -0.39 is 0 Å². The summed E-state index contributed by atoms with van der Waals surface area (Å²) in [5, 5.41) is 2.81. The van der Waals surface area contributed by atoms with E-state index >= 15 is 0 Å². The van der Waals surface area contributed by atoms with Gasteiger partial charge in [0.05, 0.1) is 28.4 Å². The minimum Gasteiger partial charge on any atom is -0.493 e. The first-order chi connectivity index (χ1) is 12.5. The first kappa shape index (κ1) is 21.3. The SMILES string of the molecule is COC(=O)CCCCCNC(=O)C=Cc1cc(OC)c(OC)c(OC)c1. The number of unbranched alkanes of at least 4 members (excludes halogenated alkanes) is 2. The summed E-state index contributed by atoms with van der Waals surface area (Å²) < 4.78 is 20.4. The molecule has 144 valence electrons. The average molecular weight is 365 g/mol. The molecule has 0 aliphatic rings. The Morgan fingerprint density at radius 1 is 0.962 bits per heavy atom. The quantitative estimate of drug-likeness (QED) is 0.369. The second-order valence-electron chi connectivity index (χ2n) is 5.47. The molecule has 26 heavy (non-hydrogen) atoms. The molecule has 0 heterocycles. The fourth-order valence-electron chi connectivity index (χ4n) is 2.31. The molecule has 0 fully saturated rings. The molecule has 1 aromatic rings. The summed E-state index contributed by atoms with van der Waals surface area (Å²) >= 11 is 0. The normalized spacial score (nSPS) is 10.5. The van der Waals surface area contributed by atoms with Crippen molar-refractivity contribution < 1.29 is 28.5 Å². The summed E-state index contributed by atoms with van der Waals surface area (Å²) in [6.07, 6.45) is 5.95. The molecule has 0 aliphatic heterocycles. The van der Waals surface area contributed by atoms with E-state index in [2.05, 4.69) is 10.1 Å². The zero-order valence-electron chi connectivity index (χ0n) is 15.8. The van der Waals surface area contributed by atoms with Gasteiger partial charge in [0.25, 0.3) is 0 Å². The Labute approximate surface area is 154 Å². The molecule has 0 saturated carbocycles. The van der Waals surface area contributed by atoms with E-state index in [0.717, 1.165) is 24.8 Å². The molecule has 7 nitrogen and oxygen atoms in total. The molecular formula is C19H27NO6. The van der Waals surface area contributed by atoms with Crippen molar-refractivity contribution in [3.05, 3.63) is 23.8 Å². The number of nitrogens with one attached hydrogen (secondary N) is 1. The maximum Gasteiger partial charge on any atom is 0.305 e. The minimum absolute atomic E-state index is 0.188. The molecule has 0 atom stereocenters. The minimum atomic E-state index is -0.206. The van der Waals surface area contributed by atoms with E-state index in [4.69, 9.17) is 14.2 Å². The molecule has 0 aromatic heterocycles. The van der Waals surface area contributed by atoms with Crippen molar-refractivity contribution in [1.82, 2.24) is 5.32 Å². The van der Waals surface area contributed by atoms with Gasteiger partial charge in [0.15, 0.2) is 11.5 Å². The number of rotatable bonds is 11. The topological polar surface area (TPSA) is 83.1 Å². The van der Waals surface area contributed by atoms with E-state index in [-0.39, 0.29) is 11.9 Å². The van der Waals surface area contributed by atoms with E-state index in [1.807, 2.05) is 0 Å². The third kappa shape index (κ3) is 7.04. The second kappa shape index (κ2) is 11.8. The van der Waals surface area contributed by atoms with Gasteiger partial charge < -0.3 is 24.3 Å². The summed E-state index contributed by atoms with van der Waals surface area (Å²) in [7, 11) is 5.99. The van der Waals surface area contributed by atoms with Crippen LogP contribution >= 0.6 is 0 Å². The van der Waals surface area contributed by atoms with Crippen LogP contribution in [0.3, 0.4) is 0 Å². The van der Waals surface area contributed by atoms with Crippen LogP contribution < -0.4 is 19.5 Å². The number of benzene rings is 1. The van der Waals surface area contributed by atoms with Gasteiger partial charge in [0, 0.05) is 19.0 Å². The Hall–Kier alpha value is -2.70. The van der Waals surface area contributed by atoms with Crippen LogP contribution in [0.4, 0.5) is 0 Å². The van der Waals surface area contributed by atoms with Crippen molar-refractivity contribution in [3.8, 4) is 17.2 Å². The van der Waals surface area contributed by atoms with E-state index in [9.17, 15) is 9.59 Å². The summed E-state index contributed by atoms with van der Waals surface area (Å²) in [6.45, 7) is 0.555. The lowest BCUT2D eigenvalue weighted by Crippen LogP contribution is -2.22. The van der Waals surface area contributed by atoms with Crippen LogP contribution in [0.25, 0.3) is 6.08 Å². The van der Waals surface area contributed by atoms with Crippen LogP contribution in [0.2, 0.25) is 0 Å². The third-order valence-corrected chi connectivity index (χ3v) is 3.70. The summed E-state index contributed by atoms with van der Waals surface area (Å²) in [4.78, 5) is 22.9. The molecule has 7 heteroatoms. The fourth-order valence-corrected chi connectivity index (χ4v) is 2.31. The number of carbonyl (C=O) groups excluding carboxylic acids is 2. The molecule has 0 aliphatic carbocycles. The molecule has 0 spiro atoms. The van der Waals surface area contributed by atoms with Gasteiger partial charge in [-0.3, -0.25) is 9.59 Å². The highest BCUT2D eigenvalue weighted by atomic mass is 16.5. The van der Waals surface area contributed by atoms with Crippen LogP contribution in [0.5, 0.6) is 17.2 Å². The molecule has 0 radical (unpaired) electrons. The number of carbonyl (C=O) groups is 2. The lowest BCUT2D eigenvalue weighted by Gasteiger charge is -2.12. The number of amides is 1. The van der Waals surface area contributed by atoms with Crippen LogP contribution in [-0.2, 0) is 14.3 Å². The van der Waals surface area contributed by atoms with Gasteiger partial charge in [-0.25, -0.2) is 0 Å². The van der Waals surface area contributed by atoms with Gasteiger partial charge in [0.2, 0.25) is 11.7 Å². The second-order valence-corrected chi connectivity index (χ2v) is 5.47. The summed E-state index contributed by atoms with van der Waals surface area (Å²) in [5.74, 6) is 1.16. The highest BCUT2D eigenvalue weighted by molar-refractivity contribution is 5.91. The molecule has 1 rings (SSSR count). The van der Waals surface area contributed by atoms with Crippen molar-refractivity contribution in [2.75, 3.05) is 35.0 Å². The van der Waals surface area contributed by atoms with E-state index in [1.165, 1.54) is 34.5 Å². The van der Waals surface area contributed by atoms with Crippen LogP contribution in [-0.4, -0.2) is 46.9 Å². The fraction of sp³-hybridized carbons (Fsp3) is 0.474. The predicted octanol–water partition coefficient (Wildman–Crippen LogP) is 2.58. The highest BCUT2D eigenvalue weighted by Gasteiger charge is 2.12. The summed E-state index contributed by atoms with van der Waals surface area (Å²) in [5.41, 5.74) is 0.757. The smallest absolute Gasteiger partial charge is 0.305 e. The van der Waals surface area contributed by atoms with Gasteiger partial charge >= 0.3 is 5.97 Å². The molecular weight excluding hydrogens is 338 g/mol. The number of esters is 1. The molecule has 1 amide bonds. The van der Waals surface area contributed by atoms with Gasteiger partial charge in [-0.2, -0.15) is 0 Å². The van der Waals surface area contributed by atoms with E-state index in [1.54, 1.807) is 18.2 Å². The molecule has 1 aromatic carbocycles. The Balaban J connectivity index is 2.49. The molecule has 0 bridgehead atoms. The number of ether oxygens (including phenoxy) is 4. The Kier molecular flexibility index (Phi) is 9.67. The van der Waals surface area contributed by atoms with Crippen LogP contribution in [0.15, 0.2) is 18.2 Å². The highest BCUT2D eigenvalue weighted by Crippen LogP contribution is 2.38. The van der Waals surface area contributed by atoms with Gasteiger partial charge in [-0.05, 0) is 36.6 Å². The molecule has 0 saturated heterocycles.